The Balaban J connectivity index is 2.25. The number of carbonyl (C=O) groups excluding carboxylic acids is 3. The van der Waals surface area contributed by atoms with Crippen LogP contribution in [-0.2, 0) is 14.4 Å². The van der Waals surface area contributed by atoms with Gasteiger partial charge < -0.3 is 10.4 Å². The Morgan fingerprint density at radius 1 is 1.33 bits per heavy atom. The van der Waals surface area contributed by atoms with Crippen molar-refractivity contribution in [3.8, 4) is 0 Å². The molecule has 1 heterocycles. The summed E-state index contributed by atoms with van der Waals surface area (Å²) in [7, 11) is 0. The number of amides is 3. The second kappa shape index (κ2) is 6.49. The monoisotopic (exact) mass is 256 g/mol. The molecular formula is C12H20N2O4. The molecule has 1 unspecified atom stereocenters. The number of rotatable bonds is 6. The van der Waals surface area contributed by atoms with Gasteiger partial charge in [0.15, 0.2) is 0 Å². The standard InChI is InChI=1S/C12H20N2O4/c1-8(2)9(15)7-13-10(16)5-6-14-11(17)3-4-12(14)18/h8-9,15H,3-7H2,1-2H3,(H,13,16). The molecule has 1 atom stereocenters. The minimum Gasteiger partial charge on any atom is -0.391 e. The maximum Gasteiger partial charge on any atom is 0.229 e. The van der Waals surface area contributed by atoms with E-state index >= 15 is 0 Å². The van der Waals surface area contributed by atoms with Gasteiger partial charge in [0, 0.05) is 32.4 Å². The average molecular weight is 256 g/mol. The first kappa shape index (κ1) is 14.6. The lowest BCUT2D eigenvalue weighted by atomic mass is 10.1. The van der Waals surface area contributed by atoms with Crippen LogP contribution in [0.1, 0.15) is 33.1 Å². The molecule has 0 saturated carbocycles. The lowest BCUT2D eigenvalue weighted by molar-refractivity contribution is -0.138. The van der Waals surface area contributed by atoms with E-state index in [1.54, 1.807) is 0 Å². The van der Waals surface area contributed by atoms with Gasteiger partial charge in [0.25, 0.3) is 0 Å². The smallest absolute Gasteiger partial charge is 0.229 e. The van der Waals surface area contributed by atoms with Gasteiger partial charge in [0.05, 0.1) is 6.10 Å². The van der Waals surface area contributed by atoms with Gasteiger partial charge in [-0.05, 0) is 5.92 Å². The van der Waals surface area contributed by atoms with E-state index < -0.39 is 6.10 Å². The van der Waals surface area contributed by atoms with E-state index in [2.05, 4.69) is 5.32 Å². The minimum absolute atomic E-state index is 0.0760. The van der Waals surface area contributed by atoms with Crippen molar-refractivity contribution in [1.29, 1.82) is 0 Å². The number of hydrogen-bond donors (Lipinski definition) is 2. The van der Waals surface area contributed by atoms with Crippen molar-refractivity contribution in [2.45, 2.75) is 39.2 Å². The number of imide groups is 1. The van der Waals surface area contributed by atoms with Crippen LogP contribution in [0, 0.1) is 5.92 Å². The fourth-order valence-corrected chi connectivity index (χ4v) is 1.63. The first-order valence-corrected chi connectivity index (χ1v) is 6.19. The second-order valence-corrected chi connectivity index (χ2v) is 4.80. The third-order valence-corrected chi connectivity index (χ3v) is 3.00. The number of hydrogen-bond acceptors (Lipinski definition) is 4. The van der Waals surface area contributed by atoms with Gasteiger partial charge >= 0.3 is 0 Å². The van der Waals surface area contributed by atoms with E-state index in [1.165, 1.54) is 0 Å². The van der Waals surface area contributed by atoms with Crippen molar-refractivity contribution in [2.24, 2.45) is 5.92 Å². The summed E-state index contributed by atoms with van der Waals surface area (Å²) in [5.74, 6) is -0.612. The Labute approximate surface area is 106 Å². The summed E-state index contributed by atoms with van der Waals surface area (Å²) in [6, 6.07) is 0. The van der Waals surface area contributed by atoms with Crippen LogP contribution < -0.4 is 5.32 Å². The number of nitrogens with zero attached hydrogens (tertiary/aromatic N) is 1. The SMILES string of the molecule is CC(C)C(O)CNC(=O)CCN1C(=O)CCC1=O. The van der Waals surface area contributed by atoms with E-state index in [0.29, 0.717) is 0 Å². The summed E-state index contributed by atoms with van der Waals surface area (Å²) < 4.78 is 0. The van der Waals surface area contributed by atoms with Gasteiger partial charge in [-0.3, -0.25) is 19.3 Å². The molecule has 0 radical (unpaired) electrons. The Kier molecular flexibility index (Phi) is 5.27. The van der Waals surface area contributed by atoms with Gasteiger partial charge in [-0.2, -0.15) is 0 Å². The molecule has 102 valence electrons. The van der Waals surface area contributed by atoms with Gasteiger partial charge in [-0.15, -0.1) is 0 Å². The fourth-order valence-electron chi connectivity index (χ4n) is 1.63. The molecule has 0 spiro atoms. The molecule has 0 bridgehead atoms. The molecule has 0 aromatic carbocycles. The first-order chi connectivity index (χ1) is 8.41. The summed E-state index contributed by atoms with van der Waals surface area (Å²) in [4.78, 5) is 35.2. The van der Waals surface area contributed by atoms with Crippen LogP contribution in [-0.4, -0.2) is 46.9 Å². The fraction of sp³-hybridized carbons (Fsp3) is 0.750. The van der Waals surface area contributed by atoms with Crippen molar-refractivity contribution in [3.63, 3.8) is 0 Å². The number of nitrogens with one attached hydrogen (secondary N) is 1. The highest BCUT2D eigenvalue weighted by Crippen LogP contribution is 2.11. The third kappa shape index (κ3) is 4.10. The van der Waals surface area contributed by atoms with Crippen molar-refractivity contribution >= 4 is 17.7 Å². The molecule has 0 aromatic heterocycles. The lowest BCUT2D eigenvalue weighted by Crippen LogP contribution is -2.37. The van der Waals surface area contributed by atoms with E-state index in [0.717, 1.165) is 4.90 Å². The maximum atomic E-state index is 11.5. The van der Waals surface area contributed by atoms with Gasteiger partial charge in [-0.25, -0.2) is 0 Å². The van der Waals surface area contributed by atoms with Gasteiger partial charge in [-0.1, -0.05) is 13.8 Å². The molecule has 1 aliphatic heterocycles. The quantitative estimate of drug-likeness (QED) is 0.636. The third-order valence-electron chi connectivity index (χ3n) is 3.00. The topological polar surface area (TPSA) is 86.7 Å². The van der Waals surface area contributed by atoms with Crippen LogP contribution in [0.5, 0.6) is 0 Å². The molecule has 6 nitrogen and oxygen atoms in total. The number of aliphatic hydroxyl groups is 1. The molecule has 0 aliphatic carbocycles. The Bertz CT molecular complexity index is 325. The molecule has 1 saturated heterocycles. The Morgan fingerprint density at radius 2 is 1.89 bits per heavy atom. The highest BCUT2D eigenvalue weighted by Gasteiger charge is 2.28. The van der Waals surface area contributed by atoms with Crippen molar-refractivity contribution in [3.05, 3.63) is 0 Å². The van der Waals surface area contributed by atoms with Crippen LogP contribution in [0.3, 0.4) is 0 Å². The summed E-state index contributed by atoms with van der Waals surface area (Å²) in [5, 5.41) is 12.1. The Hall–Kier alpha value is -1.43. The second-order valence-electron chi connectivity index (χ2n) is 4.80. The van der Waals surface area contributed by atoms with Crippen LogP contribution >= 0.6 is 0 Å². The van der Waals surface area contributed by atoms with Crippen molar-refractivity contribution in [1.82, 2.24) is 10.2 Å². The van der Waals surface area contributed by atoms with Crippen LogP contribution in [0.2, 0.25) is 0 Å². The van der Waals surface area contributed by atoms with E-state index in [9.17, 15) is 19.5 Å². The number of carbonyl (C=O) groups is 3. The lowest BCUT2D eigenvalue weighted by Gasteiger charge is -2.16. The van der Waals surface area contributed by atoms with Crippen LogP contribution in [0.15, 0.2) is 0 Å². The molecule has 3 amide bonds. The number of aliphatic hydroxyl groups excluding tert-OH is 1. The Morgan fingerprint density at radius 3 is 2.39 bits per heavy atom. The molecule has 2 N–H and O–H groups in total. The predicted octanol–water partition coefficient (Wildman–Crippen LogP) is -0.341. The van der Waals surface area contributed by atoms with Crippen molar-refractivity contribution < 1.29 is 19.5 Å². The van der Waals surface area contributed by atoms with E-state index in [-0.39, 0.29) is 56.0 Å². The highest BCUT2D eigenvalue weighted by atomic mass is 16.3. The first-order valence-electron chi connectivity index (χ1n) is 6.19. The van der Waals surface area contributed by atoms with E-state index in [1.807, 2.05) is 13.8 Å². The minimum atomic E-state index is -0.580. The zero-order valence-electron chi connectivity index (χ0n) is 10.8. The molecule has 1 rings (SSSR count). The summed E-state index contributed by atoms with van der Waals surface area (Å²) >= 11 is 0. The summed E-state index contributed by atoms with van der Waals surface area (Å²) in [5.41, 5.74) is 0. The van der Waals surface area contributed by atoms with Crippen LogP contribution in [0.25, 0.3) is 0 Å². The molecule has 6 heteroatoms. The molecule has 18 heavy (non-hydrogen) atoms. The van der Waals surface area contributed by atoms with Crippen LogP contribution in [0.4, 0.5) is 0 Å². The molecule has 1 aliphatic rings. The van der Waals surface area contributed by atoms with Gasteiger partial charge in [0.1, 0.15) is 0 Å². The normalized spacial score (nSPS) is 17.4. The van der Waals surface area contributed by atoms with Gasteiger partial charge in [0.2, 0.25) is 17.7 Å². The largest absolute Gasteiger partial charge is 0.391 e. The zero-order chi connectivity index (χ0) is 13.7. The molecule has 1 fully saturated rings. The average Bonchev–Trinajstić information content (AvgIpc) is 2.63. The number of likely N-dealkylation sites (tertiary alicyclic amines) is 1. The highest BCUT2D eigenvalue weighted by molar-refractivity contribution is 6.02. The molecule has 0 aromatic rings. The maximum absolute atomic E-state index is 11.5. The summed E-state index contributed by atoms with van der Waals surface area (Å²) in [6.07, 6.45) is -0.00887. The predicted molar refractivity (Wildman–Crippen MR) is 64.4 cm³/mol. The zero-order valence-corrected chi connectivity index (χ0v) is 10.8. The van der Waals surface area contributed by atoms with E-state index in [4.69, 9.17) is 0 Å². The summed E-state index contributed by atoms with van der Waals surface area (Å²) in [6.45, 7) is 4.04. The molecular weight excluding hydrogens is 236 g/mol. The van der Waals surface area contributed by atoms with Crippen molar-refractivity contribution in [2.75, 3.05) is 13.1 Å².